The lowest BCUT2D eigenvalue weighted by Crippen LogP contribution is -2.55. The molecule has 0 N–H and O–H groups in total. The summed E-state index contributed by atoms with van der Waals surface area (Å²) in [6.45, 7) is 0.969. The van der Waals surface area contributed by atoms with E-state index in [0.29, 0.717) is 17.9 Å². The minimum atomic E-state index is -3.78. The Hall–Kier alpha value is -1.98. The number of carbonyl (C=O) groups excluding carboxylic acids is 1. The van der Waals surface area contributed by atoms with Crippen molar-refractivity contribution >= 4 is 37.6 Å². The van der Waals surface area contributed by atoms with E-state index >= 15 is 0 Å². The first kappa shape index (κ1) is 23.2. The summed E-state index contributed by atoms with van der Waals surface area (Å²) in [6.07, 6.45) is 1.05. The summed E-state index contributed by atoms with van der Waals surface area (Å²) in [5, 5.41) is 0.334. The van der Waals surface area contributed by atoms with Crippen LogP contribution in [0.3, 0.4) is 0 Å². The number of benzene rings is 2. The molecule has 172 valence electrons. The molecule has 0 radical (unpaired) electrons. The van der Waals surface area contributed by atoms with Crippen LogP contribution in [0.4, 0.5) is 0 Å². The molecule has 1 unspecified atom stereocenters. The van der Waals surface area contributed by atoms with E-state index in [0.717, 1.165) is 0 Å². The highest BCUT2D eigenvalue weighted by Gasteiger charge is 2.42. The van der Waals surface area contributed by atoms with Crippen molar-refractivity contribution in [1.82, 2.24) is 13.5 Å². The van der Waals surface area contributed by atoms with Crippen LogP contribution in [0.5, 0.6) is 0 Å². The number of halogens is 1. The smallest absolute Gasteiger partial charge is 0.243 e. The Morgan fingerprint density at radius 3 is 2.12 bits per heavy atom. The first-order valence-corrected chi connectivity index (χ1v) is 13.6. The van der Waals surface area contributed by atoms with Crippen LogP contribution in [-0.4, -0.2) is 75.0 Å². The van der Waals surface area contributed by atoms with Gasteiger partial charge in [-0.2, -0.15) is 8.61 Å². The fourth-order valence-electron chi connectivity index (χ4n) is 4.14. The molecule has 2 aliphatic rings. The molecular weight excluding hydrogens is 474 g/mol. The van der Waals surface area contributed by atoms with Gasteiger partial charge in [-0.05, 0) is 43.2 Å². The molecule has 0 aromatic heterocycles. The van der Waals surface area contributed by atoms with Gasteiger partial charge in [0.25, 0.3) is 0 Å². The summed E-state index contributed by atoms with van der Waals surface area (Å²) in [5.41, 5.74) is 0. The van der Waals surface area contributed by atoms with Crippen LogP contribution in [0.25, 0.3) is 0 Å². The number of sulfonamides is 2. The Balaban J connectivity index is 1.45. The Kier molecular flexibility index (Phi) is 6.60. The lowest BCUT2D eigenvalue weighted by Gasteiger charge is -2.36. The SMILES string of the molecule is O=C(C1CCCN1S(=O)(=O)c1ccccc1)N1CCN(S(=O)(=O)c2cccc(Cl)c2)CC1. The zero-order valence-corrected chi connectivity index (χ0v) is 19.7. The molecular formula is C21H24ClN3O5S2. The highest BCUT2D eigenvalue weighted by molar-refractivity contribution is 7.89. The molecule has 2 fully saturated rings. The largest absolute Gasteiger partial charge is 0.339 e. The van der Waals surface area contributed by atoms with E-state index in [-0.39, 0.29) is 48.4 Å². The van der Waals surface area contributed by atoms with Crippen LogP contribution in [0.15, 0.2) is 64.4 Å². The third-order valence-electron chi connectivity index (χ3n) is 5.82. The molecule has 32 heavy (non-hydrogen) atoms. The van der Waals surface area contributed by atoms with Crippen molar-refractivity contribution in [3.8, 4) is 0 Å². The maximum atomic E-state index is 13.2. The summed E-state index contributed by atoms with van der Waals surface area (Å²) in [5.74, 6) is -0.276. The van der Waals surface area contributed by atoms with Gasteiger partial charge >= 0.3 is 0 Å². The standard InChI is InChI=1S/C21H24ClN3O5S2/c22-17-6-4-9-19(16-17)31(27,28)24-14-12-23(13-15-24)21(26)20-10-5-11-25(20)32(29,30)18-7-2-1-3-8-18/h1-4,6-9,16,20H,5,10-15H2. The Labute approximate surface area is 193 Å². The van der Waals surface area contributed by atoms with Gasteiger partial charge in [0.15, 0.2) is 0 Å². The lowest BCUT2D eigenvalue weighted by molar-refractivity contribution is -0.135. The first-order valence-electron chi connectivity index (χ1n) is 10.3. The number of amides is 1. The third-order valence-corrected chi connectivity index (χ3v) is 9.87. The van der Waals surface area contributed by atoms with Crippen molar-refractivity contribution < 1.29 is 21.6 Å². The molecule has 2 aromatic rings. The number of hydrogen-bond acceptors (Lipinski definition) is 5. The average Bonchev–Trinajstić information content (AvgIpc) is 3.30. The predicted octanol–water partition coefficient (Wildman–Crippen LogP) is 2.03. The van der Waals surface area contributed by atoms with Gasteiger partial charge < -0.3 is 4.90 Å². The highest BCUT2D eigenvalue weighted by atomic mass is 35.5. The van der Waals surface area contributed by atoms with Crippen molar-refractivity contribution in [2.45, 2.75) is 28.7 Å². The van der Waals surface area contributed by atoms with E-state index in [1.165, 1.54) is 32.9 Å². The van der Waals surface area contributed by atoms with Crippen LogP contribution in [0.1, 0.15) is 12.8 Å². The van der Waals surface area contributed by atoms with Gasteiger partial charge in [-0.25, -0.2) is 16.8 Å². The normalized spacial score (nSPS) is 21.0. The molecule has 1 amide bonds. The highest BCUT2D eigenvalue weighted by Crippen LogP contribution is 2.28. The van der Waals surface area contributed by atoms with Crippen LogP contribution in [0, 0.1) is 0 Å². The third kappa shape index (κ3) is 4.42. The Bertz CT molecular complexity index is 1200. The number of rotatable bonds is 5. The maximum Gasteiger partial charge on any atom is 0.243 e. The predicted molar refractivity (Wildman–Crippen MR) is 120 cm³/mol. The fourth-order valence-corrected chi connectivity index (χ4v) is 7.53. The summed E-state index contributed by atoms with van der Waals surface area (Å²) in [7, 11) is -7.50. The van der Waals surface area contributed by atoms with Crippen molar-refractivity contribution in [3.63, 3.8) is 0 Å². The van der Waals surface area contributed by atoms with Gasteiger partial charge in [0.1, 0.15) is 6.04 Å². The second-order valence-electron chi connectivity index (χ2n) is 7.77. The van der Waals surface area contributed by atoms with Gasteiger partial charge in [0, 0.05) is 37.7 Å². The van der Waals surface area contributed by atoms with Crippen molar-refractivity contribution in [2.75, 3.05) is 32.7 Å². The van der Waals surface area contributed by atoms with Gasteiger partial charge in [0.2, 0.25) is 26.0 Å². The van der Waals surface area contributed by atoms with Crippen molar-refractivity contribution in [1.29, 1.82) is 0 Å². The summed E-state index contributed by atoms with van der Waals surface area (Å²) >= 11 is 5.93. The van der Waals surface area contributed by atoms with Crippen LogP contribution in [-0.2, 0) is 24.8 Å². The van der Waals surface area contributed by atoms with E-state index in [1.807, 2.05) is 0 Å². The van der Waals surface area contributed by atoms with Crippen LogP contribution < -0.4 is 0 Å². The average molecular weight is 498 g/mol. The molecule has 8 nitrogen and oxygen atoms in total. The topological polar surface area (TPSA) is 95.1 Å². The molecule has 2 heterocycles. The number of hydrogen-bond donors (Lipinski definition) is 0. The fraction of sp³-hybridized carbons (Fsp3) is 0.381. The van der Waals surface area contributed by atoms with E-state index < -0.39 is 26.1 Å². The van der Waals surface area contributed by atoms with E-state index in [4.69, 9.17) is 11.6 Å². The number of nitrogens with zero attached hydrogens (tertiary/aromatic N) is 3. The number of piperazine rings is 1. The Morgan fingerprint density at radius 2 is 1.47 bits per heavy atom. The summed E-state index contributed by atoms with van der Waals surface area (Å²) < 4.78 is 54.5. The molecule has 2 aliphatic heterocycles. The van der Waals surface area contributed by atoms with E-state index in [1.54, 1.807) is 35.2 Å². The van der Waals surface area contributed by atoms with E-state index in [9.17, 15) is 21.6 Å². The molecule has 11 heteroatoms. The van der Waals surface area contributed by atoms with Gasteiger partial charge in [-0.3, -0.25) is 4.79 Å². The minimum Gasteiger partial charge on any atom is -0.339 e. The zero-order chi connectivity index (χ0) is 22.9. The Morgan fingerprint density at radius 1 is 0.812 bits per heavy atom. The maximum absolute atomic E-state index is 13.2. The molecule has 0 aliphatic carbocycles. The lowest BCUT2D eigenvalue weighted by atomic mass is 10.2. The second kappa shape index (κ2) is 9.11. The molecule has 1 atom stereocenters. The first-order chi connectivity index (χ1) is 15.2. The van der Waals surface area contributed by atoms with Crippen molar-refractivity contribution in [3.05, 3.63) is 59.6 Å². The zero-order valence-electron chi connectivity index (χ0n) is 17.3. The molecule has 4 rings (SSSR count). The molecule has 0 spiro atoms. The molecule has 2 saturated heterocycles. The van der Waals surface area contributed by atoms with Crippen molar-refractivity contribution in [2.24, 2.45) is 0 Å². The van der Waals surface area contributed by atoms with Gasteiger partial charge in [0.05, 0.1) is 9.79 Å². The second-order valence-corrected chi connectivity index (χ2v) is 12.0. The summed E-state index contributed by atoms with van der Waals surface area (Å²) in [4.78, 5) is 15.0. The molecule has 0 saturated carbocycles. The minimum absolute atomic E-state index is 0.112. The molecule has 0 bridgehead atoms. The summed E-state index contributed by atoms with van der Waals surface area (Å²) in [6, 6.07) is 13.4. The van der Waals surface area contributed by atoms with Crippen LogP contribution in [0.2, 0.25) is 5.02 Å². The molecule has 2 aromatic carbocycles. The van der Waals surface area contributed by atoms with E-state index in [2.05, 4.69) is 0 Å². The monoisotopic (exact) mass is 497 g/mol. The van der Waals surface area contributed by atoms with Crippen LogP contribution >= 0.6 is 11.6 Å². The number of carbonyl (C=O) groups is 1. The van der Waals surface area contributed by atoms with Gasteiger partial charge in [-0.15, -0.1) is 0 Å². The quantitative estimate of drug-likeness (QED) is 0.630. The van der Waals surface area contributed by atoms with Gasteiger partial charge in [-0.1, -0.05) is 35.9 Å².